The summed E-state index contributed by atoms with van der Waals surface area (Å²) in [5.41, 5.74) is 4.40. The van der Waals surface area contributed by atoms with Crippen molar-refractivity contribution >= 4 is 11.9 Å². The van der Waals surface area contributed by atoms with Crippen LogP contribution in [-0.2, 0) is 9.53 Å². The summed E-state index contributed by atoms with van der Waals surface area (Å²) in [5, 5.41) is 2.59. The number of carbonyl (C=O) groups is 2. The second-order valence-electron chi connectivity index (χ2n) is 5.23. The lowest BCUT2D eigenvalue weighted by molar-refractivity contribution is -0.139. The molecule has 5 heteroatoms. The van der Waals surface area contributed by atoms with Crippen molar-refractivity contribution in [2.24, 2.45) is 0 Å². The van der Waals surface area contributed by atoms with E-state index in [4.69, 9.17) is 0 Å². The molecule has 0 saturated heterocycles. The largest absolute Gasteiger partial charge is 0.468 e. The van der Waals surface area contributed by atoms with Crippen LogP contribution in [0.4, 0.5) is 0 Å². The Morgan fingerprint density at radius 1 is 1.09 bits per heavy atom. The van der Waals surface area contributed by atoms with Gasteiger partial charge in [0.15, 0.2) is 0 Å². The van der Waals surface area contributed by atoms with Crippen molar-refractivity contribution in [1.82, 2.24) is 9.88 Å². The molecule has 1 N–H and O–H groups in total. The van der Waals surface area contributed by atoms with Gasteiger partial charge in [-0.1, -0.05) is 11.6 Å². The number of rotatable bonds is 4. The molecule has 22 heavy (non-hydrogen) atoms. The number of aromatic nitrogens is 1. The monoisotopic (exact) mass is 300 g/mol. The molecule has 0 spiro atoms. The molecule has 0 aliphatic heterocycles. The number of hydrogen-bond donors (Lipinski definition) is 1. The lowest BCUT2D eigenvalue weighted by Gasteiger charge is -2.15. The van der Waals surface area contributed by atoms with Gasteiger partial charge < -0.3 is 14.6 Å². The molecule has 1 amide bonds. The number of aryl methyl sites for hydroxylation is 3. The van der Waals surface area contributed by atoms with Crippen molar-refractivity contribution in [3.63, 3.8) is 0 Å². The maximum Gasteiger partial charge on any atom is 0.325 e. The molecule has 1 aromatic carbocycles. The molecule has 5 nitrogen and oxygen atoms in total. The van der Waals surface area contributed by atoms with Gasteiger partial charge in [-0.05, 0) is 45.0 Å². The summed E-state index contributed by atoms with van der Waals surface area (Å²) < 4.78 is 6.56. The Bertz CT molecular complexity index is 697. The molecule has 0 aliphatic rings. The summed E-state index contributed by atoms with van der Waals surface area (Å²) >= 11 is 0. The van der Waals surface area contributed by atoms with Gasteiger partial charge in [-0.3, -0.25) is 9.59 Å². The van der Waals surface area contributed by atoms with E-state index in [1.807, 2.05) is 55.7 Å². The van der Waals surface area contributed by atoms with Gasteiger partial charge in [-0.2, -0.15) is 0 Å². The second kappa shape index (κ2) is 6.47. The smallest absolute Gasteiger partial charge is 0.325 e. The molecule has 2 rings (SSSR count). The van der Waals surface area contributed by atoms with Gasteiger partial charge in [-0.15, -0.1) is 0 Å². The van der Waals surface area contributed by atoms with Crippen molar-refractivity contribution in [2.75, 3.05) is 13.7 Å². The van der Waals surface area contributed by atoms with E-state index >= 15 is 0 Å². The maximum atomic E-state index is 12.4. The minimum atomic E-state index is -0.476. The van der Waals surface area contributed by atoms with Gasteiger partial charge >= 0.3 is 5.97 Å². The van der Waals surface area contributed by atoms with Crippen molar-refractivity contribution < 1.29 is 14.3 Å². The highest BCUT2D eigenvalue weighted by Crippen LogP contribution is 2.21. The molecular formula is C17H20N2O3. The Morgan fingerprint density at radius 3 is 2.32 bits per heavy atom. The number of esters is 1. The fraction of sp³-hybridized carbons (Fsp3) is 0.294. The first kappa shape index (κ1) is 15.8. The molecule has 0 saturated carbocycles. The molecule has 0 bridgehead atoms. The molecule has 2 aromatic rings. The number of carbonyl (C=O) groups excluding carboxylic acids is 2. The van der Waals surface area contributed by atoms with Crippen molar-refractivity contribution in [3.8, 4) is 5.69 Å². The van der Waals surface area contributed by atoms with Crippen LogP contribution in [0.5, 0.6) is 0 Å². The lowest BCUT2D eigenvalue weighted by Crippen LogP contribution is -2.31. The Hall–Kier alpha value is -2.56. The van der Waals surface area contributed by atoms with E-state index in [2.05, 4.69) is 10.1 Å². The molecular weight excluding hydrogens is 280 g/mol. The van der Waals surface area contributed by atoms with E-state index in [9.17, 15) is 9.59 Å². The maximum absolute atomic E-state index is 12.4. The van der Waals surface area contributed by atoms with Crippen molar-refractivity contribution in [3.05, 3.63) is 52.8 Å². The minimum absolute atomic E-state index is 0.146. The number of ether oxygens (including phenoxy) is 1. The predicted octanol–water partition coefficient (Wildman–Crippen LogP) is 2.31. The zero-order valence-electron chi connectivity index (χ0n) is 13.3. The molecule has 116 valence electrons. The van der Waals surface area contributed by atoms with E-state index in [0.717, 1.165) is 22.6 Å². The number of hydrogen-bond acceptors (Lipinski definition) is 3. The summed E-state index contributed by atoms with van der Waals surface area (Å²) in [5.74, 6) is -0.771. The molecule has 0 unspecified atom stereocenters. The van der Waals surface area contributed by atoms with Crippen LogP contribution in [0, 0.1) is 20.8 Å². The van der Waals surface area contributed by atoms with Gasteiger partial charge in [-0.25, -0.2) is 0 Å². The summed E-state index contributed by atoms with van der Waals surface area (Å²) in [7, 11) is 1.29. The Kier molecular flexibility index (Phi) is 4.65. The first-order valence-corrected chi connectivity index (χ1v) is 7.05. The second-order valence-corrected chi connectivity index (χ2v) is 5.23. The standard InChI is InChI=1S/C17H20N2O3/c1-11-5-8-15(19-12(2)6-7-13(19)3)14(9-11)17(21)18-10-16(20)22-4/h5-9H,10H2,1-4H3,(H,18,21). The predicted molar refractivity (Wildman–Crippen MR) is 84.3 cm³/mol. The first-order chi connectivity index (χ1) is 10.4. The topological polar surface area (TPSA) is 60.3 Å². The number of methoxy groups -OCH3 is 1. The summed E-state index contributed by atoms with van der Waals surface area (Å²) in [4.78, 5) is 23.6. The van der Waals surface area contributed by atoms with Crippen LogP contribution >= 0.6 is 0 Å². The number of nitrogens with zero attached hydrogens (tertiary/aromatic N) is 1. The average Bonchev–Trinajstić information content (AvgIpc) is 2.83. The van der Waals surface area contributed by atoms with Gasteiger partial charge in [0.2, 0.25) is 0 Å². The molecule has 0 fully saturated rings. The molecule has 0 atom stereocenters. The normalized spacial score (nSPS) is 10.4. The van der Waals surface area contributed by atoms with E-state index in [1.54, 1.807) is 0 Å². The summed E-state index contributed by atoms with van der Waals surface area (Å²) in [6.07, 6.45) is 0. The number of nitrogens with one attached hydrogen (secondary N) is 1. The third kappa shape index (κ3) is 3.19. The summed E-state index contributed by atoms with van der Waals surface area (Å²) in [6.45, 7) is 5.76. The van der Waals surface area contributed by atoms with Gasteiger partial charge in [0, 0.05) is 11.4 Å². The third-order valence-electron chi connectivity index (χ3n) is 3.53. The van der Waals surface area contributed by atoms with Gasteiger partial charge in [0.25, 0.3) is 5.91 Å². The zero-order chi connectivity index (χ0) is 16.3. The first-order valence-electron chi connectivity index (χ1n) is 7.05. The minimum Gasteiger partial charge on any atom is -0.468 e. The number of benzene rings is 1. The lowest BCUT2D eigenvalue weighted by atomic mass is 10.1. The highest BCUT2D eigenvalue weighted by atomic mass is 16.5. The fourth-order valence-corrected chi connectivity index (χ4v) is 2.40. The van der Waals surface area contributed by atoms with Crippen LogP contribution in [0.2, 0.25) is 0 Å². The van der Waals surface area contributed by atoms with Crippen LogP contribution in [0.3, 0.4) is 0 Å². The SMILES string of the molecule is COC(=O)CNC(=O)c1cc(C)ccc1-n1c(C)ccc1C. The van der Waals surface area contributed by atoms with Crippen LogP contribution in [0.15, 0.2) is 30.3 Å². The van der Waals surface area contributed by atoms with Crippen molar-refractivity contribution in [1.29, 1.82) is 0 Å². The molecule has 0 aliphatic carbocycles. The zero-order valence-corrected chi connectivity index (χ0v) is 13.3. The Labute approximate surface area is 129 Å². The van der Waals surface area contributed by atoms with E-state index in [0.29, 0.717) is 5.56 Å². The van der Waals surface area contributed by atoms with Crippen LogP contribution in [0.25, 0.3) is 5.69 Å². The third-order valence-corrected chi connectivity index (χ3v) is 3.53. The molecule has 0 radical (unpaired) electrons. The summed E-state index contributed by atoms with van der Waals surface area (Å²) in [6, 6.07) is 9.71. The number of amides is 1. The van der Waals surface area contributed by atoms with Crippen LogP contribution in [0.1, 0.15) is 27.3 Å². The Morgan fingerprint density at radius 2 is 1.73 bits per heavy atom. The highest BCUT2D eigenvalue weighted by molar-refractivity contribution is 5.99. The van der Waals surface area contributed by atoms with Gasteiger partial charge in [0.1, 0.15) is 6.54 Å². The fourth-order valence-electron chi connectivity index (χ4n) is 2.40. The quantitative estimate of drug-likeness (QED) is 0.881. The molecule has 1 aromatic heterocycles. The highest BCUT2D eigenvalue weighted by Gasteiger charge is 2.16. The van der Waals surface area contributed by atoms with Crippen LogP contribution in [-0.4, -0.2) is 30.1 Å². The average molecular weight is 300 g/mol. The molecule has 1 heterocycles. The van der Waals surface area contributed by atoms with E-state index in [1.165, 1.54) is 7.11 Å². The van der Waals surface area contributed by atoms with Crippen molar-refractivity contribution in [2.45, 2.75) is 20.8 Å². The Balaban J connectivity index is 2.41. The van der Waals surface area contributed by atoms with E-state index in [-0.39, 0.29) is 12.5 Å². The van der Waals surface area contributed by atoms with Crippen LogP contribution < -0.4 is 5.32 Å². The van der Waals surface area contributed by atoms with Gasteiger partial charge in [0.05, 0.1) is 18.4 Å². The van der Waals surface area contributed by atoms with E-state index < -0.39 is 5.97 Å².